The number of rotatable bonds is 2. The number of ether oxygens (including phenoxy) is 1. The summed E-state index contributed by atoms with van der Waals surface area (Å²) in [5.74, 6) is 2.28. The Balaban J connectivity index is 1.68. The molecule has 0 saturated heterocycles. The Kier molecular flexibility index (Phi) is 3.11. The molecule has 7 heteroatoms. The molecule has 0 fully saturated rings. The molecule has 1 aliphatic rings. The normalized spacial score (nSPS) is 12.0. The molecule has 0 atom stereocenters. The average Bonchev–Trinajstić information content (AvgIpc) is 3.21. The lowest BCUT2D eigenvalue weighted by Gasteiger charge is -2.11. The molecule has 0 radical (unpaired) electrons. The highest BCUT2D eigenvalue weighted by molar-refractivity contribution is 6.30. The second kappa shape index (κ2) is 5.46. The highest BCUT2D eigenvalue weighted by Crippen LogP contribution is 2.35. The van der Waals surface area contributed by atoms with Gasteiger partial charge >= 0.3 is 0 Å². The number of para-hydroxylation sites is 1. The molecule has 6 nitrogen and oxygen atoms in total. The Morgan fingerprint density at radius 3 is 2.76 bits per heavy atom. The van der Waals surface area contributed by atoms with Crippen LogP contribution in [-0.2, 0) is 6.54 Å². The zero-order chi connectivity index (χ0) is 16.8. The third-order valence-corrected chi connectivity index (χ3v) is 4.49. The van der Waals surface area contributed by atoms with Crippen LogP contribution in [0.4, 0.5) is 0 Å². The van der Waals surface area contributed by atoms with Crippen LogP contribution in [0.15, 0.2) is 61.2 Å². The number of halogens is 1. The topological polar surface area (TPSA) is 57.8 Å². The van der Waals surface area contributed by atoms with Crippen molar-refractivity contribution in [2.75, 3.05) is 0 Å². The van der Waals surface area contributed by atoms with Crippen LogP contribution >= 0.6 is 11.6 Å². The molecular weight excluding hydrogens is 338 g/mol. The molecule has 0 bridgehead atoms. The Bertz CT molecular complexity index is 1070. The van der Waals surface area contributed by atoms with Gasteiger partial charge in [0.05, 0.1) is 17.9 Å². The van der Waals surface area contributed by atoms with Crippen LogP contribution < -0.4 is 4.74 Å². The van der Waals surface area contributed by atoms with Crippen LogP contribution in [0.25, 0.3) is 17.1 Å². The standard InChI is InChI=1S/C18H12ClN5O/c19-17-16-9-24-18(20-10-22-24)14-8-13(25-12-4-2-1-3-5-12)6-7-15(14)23(16)11-21-17/h1-8,10-11H,9H2. The number of fused-ring (bicyclic) bond motifs is 5. The first kappa shape index (κ1) is 14.2. The Hall–Kier alpha value is -3.12. The van der Waals surface area contributed by atoms with Gasteiger partial charge in [-0.2, -0.15) is 5.10 Å². The van der Waals surface area contributed by atoms with Gasteiger partial charge in [-0.1, -0.05) is 29.8 Å². The SMILES string of the molecule is Clc1ncn2c1Cn1ncnc1-c1cc(Oc3ccccc3)ccc1-2. The Morgan fingerprint density at radius 1 is 1.00 bits per heavy atom. The number of hydrogen-bond acceptors (Lipinski definition) is 4. The minimum Gasteiger partial charge on any atom is -0.457 e. The maximum Gasteiger partial charge on any atom is 0.160 e. The Labute approximate surface area is 148 Å². The van der Waals surface area contributed by atoms with Crippen LogP contribution in [0.3, 0.4) is 0 Å². The third-order valence-electron chi connectivity index (χ3n) is 4.18. The van der Waals surface area contributed by atoms with Crippen molar-refractivity contribution in [2.24, 2.45) is 0 Å². The second-order valence-corrected chi connectivity index (χ2v) is 6.05. The highest BCUT2D eigenvalue weighted by Gasteiger charge is 2.23. The third kappa shape index (κ3) is 2.30. The summed E-state index contributed by atoms with van der Waals surface area (Å²) in [6, 6.07) is 15.5. The molecule has 0 N–H and O–H groups in total. The predicted molar refractivity (Wildman–Crippen MR) is 93.2 cm³/mol. The fourth-order valence-corrected chi connectivity index (χ4v) is 3.22. The molecule has 122 valence electrons. The van der Waals surface area contributed by atoms with Crippen molar-refractivity contribution in [3.63, 3.8) is 0 Å². The largest absolute Gasteiger partial charge is 0.457 e. The van der Waals surface area contributed by atoms with E-state index in [0.717, 1.165) is 34.3 Å². The number of aromatic nitrogens is 5. The summed E-state index contributed by atoms with van der Waals surface area (Å²) >= 11 is 6.25. The predicted octanol–water partition coefficient (Wildman–Crippen LogP) is 3.94. The van der Waals surface area contributed by atoms with Crippen LogP contribution in [0, 0.1) is 0 Å². The first-order chi connectivity index (χ1) is 12.3. The van der Waals surface area contributed by atoms with Gasteiger partial charge in [-0.05, 0) is 30.3 Å². The number of benzene rings is 2. The monoisotopic (exact) mass is 349 g/mol. The number of hydrogen-bond donors (Lipinski definition) is 0. The summed E-state index contributed by atoms with van der Waals surface area (Å²) < 4.78 is 9.75. The molecule has 5 rings (SSSR count). The number of imidazole rings is 1. The molecule has 25 heavy (non-hydrogen) atoms. The first-order valence-electron chi connectivity index (χ1n) is 7.77. The van der Waals surface area contributed by atoms with Gasteiger partial charge in [0, 0.05) is 5.56 Å². The highest BCUT2D eigenvalue weighted by atomic mass is 35.5. The molecule has 1 aliphatic heterocycles. The van der Waals surface area contributed by atoms with E-state index in [2.05, 4.69) is 15.1 Å². The molecule has 0 spiro atoms. The van der Waals surface area contributed by atoms with E-state index in [9.17, 15) is 0 Å². The van der Waals surface area contributed by atoms with E-state index in [1.807, 2.05) is 57.8 Å². The van der Waals surface area contributed by atoms with Crippen LogP contribution in [0.5, 0.6) is 11.5 Å². The van der Waals surface area contributed by atoms with Gasteiger partial charge in [-0.15, -0.1) is 0 Å². The maximum absolute atomic E-state index is 6.25. The molecule has 0 saturated carbocycles. The first-order valence-corrected chi connectivity index (χ1v) is 8.14. The summed E-state index contributed by atoms with van der Waals surface area (Å²) in [7, 11) is 0. The van der Waals surface area contributed by atoms with Crippen molar-refractivity contribution >= 4 is 11.6 Å². The van der Waals surface area contributed by atoms with Crippen molar-refractivity contribution in [1.82, 2.24) is 24.3 Å². The lowest BCUT2D eigenvalue weighted by atomic mass is 10.1. The van der Waals surface area contributed by atoms with Gasteiger partial charge in [0.2, 0.25) is 0 Å². The molecule has 0 unspecified atom stereocenters. The van der Waals surface area contributed by atoms with E-state index in [0.29, 0.717) is 11.7 Å². The van der Waals surface area contributed by atoms with Crippen molar-refractivity contribution < 1.29 is 4.74 Å². The van der Waals surface area contributed by atoms with E-state index in [4.69, 9.17) is 16.3 Å². The smallest absolute Gasteiger partial charge is 0.160 e. The van der Waals surface area contributed by atoms with Gasteiger partial charge in [0.1, 0.15) is 24.2 Å². The second-order valence-electron chi connectivity index (χ2n) is 5.69. The fraction of sp³-hybridized carbons (Fsp3) is 0.0556. The molecule has 2 aromatic heterocycles. The van der Waals surface area contributed by atoms with Gasteiger partial charge in [0.25, 0.3) is 0 Å². The minimum absolute atomic E-state index is 0.471. The maximum atomic E-state index is 6.25. The fourth-order valence-electron chi connectivity index (χ4n) is 3.02. The van der Waals surface area contributed by atoms with Gasteiger partial charge in [-0.25, -0.2) is 14.6 Å². The van der Waals surface area contributed by atoms with Gasteiger partial charge in [0.15, 0.2) is 11.0 Å². The van der Waals surface area contributed by atoms with Crippen LogP contribution in [0.2, 0.25) is 5.15 Å². The van der Waals surface area contributed by atoms with Crippen molar-refractivity contribution in [3.8, 4) is 28.6 Å². The van der Waals surface area contributed by atoms with E-state index in [-0.39, 0.29) is 0 Å². The van der Waals surface area contributed by atoms with Crippen molar-refractivity contribution in [3.05, 3.63) is 72.0 Å². The molecule has 2 aromatic carbocycles. The molecule has 4 aromatic rings. The number of nitrogens with zero attached hydrogens (tertiary/aromatic N) is 5. The summed E-state index contributed by atoms with van der Waals surface area (Å²) in [4.78, 5) is 8.64. The van der Waals surface area contributed by atoms with E-state index >= 15 is 0 Å². The summed E-state index contributed by atoms with van der Waals surface area (Å²) in [5.41, 5.74) is 2.74. The summed E-state index contributed by atoms with van der Waals surface area (Å²) in [6.45, 7) is 0.512. The molecule has 3 heterocycles. The Morgan fingerprint density at radius 2 is 1.88 bits per heavy atom. The molecule has 0 amide bonds. The van der Waals surface area contributed by atoms with E-state index in [1.165, 1.54) is 0 Å². The van der Waals surface area contributed by atoms with E-state index < -0.39 is 0 Å². The van der Waals surface area contributed by atoms with Gasteiger partial charge in [-0.3, -0.25) is 4.57 Å². The van der Waals surface area contributed by atoms with E-state index in [1.54, 1.807) is 12.7 Å². The zero-order valence-corrected chi connectivity index (χ0v) is 13.8. The zero-order valence-electron chi connectivity index (χ0n) is 13.0. The summed E-state index contributed by atoms with van der Waals surface area (Å²) in [6.07, 6.45) is 3.27. The van der Waals surface area contributed by atoms with Gasteiger partial charge < -0.3 is 4.74 Å². The summed E-state index contributed by atoms with van der Waals surface area (Å²) in [5, 5.41) is 4.79. The van der Waals surface area contributed by atoms with Crippen LogP contribution in [-0.4, -0.2) is 24.3 Å². The molecule has 0 aliphatic carbocycles. The van der Waals surface area contributed by atoms with Crippen molar-refractivity contribution in [2.45, 2.75) is 6.54 Å². The van der Waals surface area contributed by atoms with Crippen molar-refractivity contribution in [1.29, 1.82) is 0 Å². The minimum atomic E-state index is 0.471. The van der Waals surface area contributed by atoms with Crippen LogP contribution in [0.1, 0.15) is 5.69 Å². The lowest BCUT2D eigenvalue weighted by Crippen LogP contribution is -2.04. The quantitative estimate of drug-likeness (QED) is 0.484. The molecular formula is C18H12ClN5O. The average molecular weight is 350 g/mol. The lowest BCUT2D eigenvalue weighted by molar-refractivity contribution is 0.483.